The van der Waals surface area contributed by atoms with E-state index in [0.717, 1.165) is 45.0 Å². The fourth-order valence-corrected chi connectivity index (χ4v) is 5.13. The van der Waals surface area contributed by atoms with Crippen molar-refractivity contribution < 1.29 is 77.0 Å². The average molecular weight is 776 g/mol. The van der Waals surface area contributed by atoms with Crippen molar-refractivity contribution >= 4 is 34.1 Å². The van der Waals surface area contributed by atoms with Crippen molar-refractivity contribution in [3.8, 4) is 0 Å². The fraction of sp³-hybridized carbons (Fsp3) is 0.432. The molecule has 0 unspecified atom stereocenters. The van der Waals surface area contributed by atoms with Crippen LogP contribution >= 0.6 is 15.9 Å². The normalized spacial score (nSPS) is 9.31. The van der Waals surface area contributed by atoms with E-state index in [1.807, 2.05) is 46.8 Å². The molecule has 10 nitrogen and oxygen atoms in total. The molecular formula is C37H60BrKN4O6. The molecule has 0 atom stereocenters. The summed E-state index contributed by atoms with van der Waals surface area (Å²) in [5.41, 5.74) is 14.9. The molecule has 0 aliphatic rings. The standard InChI is InChI=1S/C10H13Br.C10H13NO.C10H12O.C3H8NO2.C3H7NO.CH4.K.H3NO/c1-7-4-8(2)10(6-11)9(3)5-7;1-7-4-8(2)10(6-11-12)9(3)5-7;1-7-4-8(2)10(6-11)9(3)5-7;1-3(2)4(5)6;1-3(2)4-5;;;1-2/h4-5H,6H2,1-3H3;4-6,12H,1-3H3;4-6H,1-3H3;3,5H,1-2H3;5H,1-2H3;1H4;;2H,1H2/q;;;-1;;;+1;/b;11-6+;;;;;;. The summed E-state index contributed by atoms with van der Waals surface area (Å²) in [4.78, 5) is 10.6. The van der Waals surface area contributed by atoms with E-state index in [9.17, 15) is 10.0 Å². The molecule has 0 spiro atoms. The molecular weight excluding hydrogens is 715 g/mol. The summed E-state index contributed by atoms with van der Waals surface area (Å²) in [5.74, 6) is 3.50. The Balaban J connectivity index is -0.000000166. The van der Waals surface area contributed by atoms with Crippen molar-refractivity contribution in [3.05, 3.63) is 108 Å². The van der Waals surface area contributed by atoms with Gasteiger partial charge in [-0.3, -0.25) is 10.0 Å². The van der Waals surface area contributed by atoms with Crippen LogP contribution in [0, 0.1) is 67.5 Å². The number of halogens is 1. The average Bonchev–Trinajstić information content (AvgIpc) is 2.97. The van der Waals surface area contributed by atoms with Gasteiger partial charge in [-0.15, -0.1) is 0 Å². The van der Waals surface area contributed by atoms with Gasteiger partial charge in [-0.25, -0.2) is 5.90 Å². The molecule has 3 aromatic rings. The molecule has 3 rings (SSSR count). The first-order valence-electron chi connectivity index (χ1n) is 14.8. The number of hydrogen-bond donors (Lipinski definition) is 5. The quantitative estimate of drug-likeness (QED) is 0.0482. The van der Waals surface area contributed by atoms with Crippen molar-refractivity contribution in [1.29, 1.82) is 0 Å². The zero-order chi connectivity index (χ0) is 37.4. The van der Waals surface area contributed by atoms with Crippen molar-refractivity contribution in [2.24, 2.45) is 16.2 Å². The minimum atomic E-state index is -0.315. The molecule has 0 fully saturated rings. The molecule has 49 heavy (non-hydrogen) atoms. The first kappa shape index (κ1) is 56.6. The molecule has 3 aromatic carbocycles. The second-order valence-electron chi connectivity index (χ2n) is 11.4. The first-order chi connectivity index (χ1) is 21.9. The topological polar surface area (TPSA) is 175 Å². The third-order valence-corrected chi connectivity index (χ3v) is 6.96. The summed E-state index contributed by atoms with van der Waals surface area (Å²) in [5, 5.41) is 46.9. The van der Waals surface area contributed by atoms with Crippen LogP contribution < -0.4 is 57.3 Å². The zero-order valence-electron chi connectivity index (χ0n) is 31.3. The fourth-order valence-electron chi connectivity index (χ4n) is 4.25. The Bertz CT molecular complexity index is 1330. The maximum absolute atomic E-state index is 10.6. The van der Waals surface area contributed by atoms with Gasteiger partial charge in [-0.05, 0) is 129 Å². The maximum Gasteiger partial charge on any atom is 1.00 e. The molecule has 12 heteroatoms. The number of alkyl halides is 1. The van der Waals surface area contributed by atoms with Crippen molar-refractivity contribution in [2.75, 3.05) is 0 Å². The molecule has 0 amide bonds. The summed E-state index contributed by atoms with van der Waals surface area (Å²) in [6.45, 7) is 25.2. The monoisotopic (exact) mass is 774 g/mol. The van der Waals surface area contributed by atoms with Gasteiger partial charge in [0.15, 0.2) is 6.29 Å². The Morgan fingerprint density at radius 3 is 1.24 bits per heavy atom. The van der Waals surface area contributed by atoms with Gasteiger partial charge in [0.2, 0.25) is 0 Å². The Morgan fingerprint density at radius 1 is 0.776 bits per heavy atom. The minimum Gasteiger partial charge on any atom is -0.762 e. The first-order valence-corrected chi connectivity index (χ1v) is 16.0. The summed E-state index contributed by atoms with van der Waals surface area (Å²) in [6.07, 6.45) is 2.40. The van der Waals surface area contributed by atoms with Gasteiger partial charge in [0.05, 0.1) is 11.9 Å². The molecule has 0 radical (unpaired) electrons. The van der Waals surface area contributed by atoms with Gasteiger partial charge in [0, 0.05) is 22.5 Å². The minimum absolute atomic E-state index is 0. The molecule has 0 aliphatic carbocycles. The van der Waals surface area contributed by atoms with Gasteiger partial charge >= 0.3 is 51.4 Å². The second kappa shape index (κ2) is 32.1. The van der Waals surface area contributed by atoms with Crippen LogP contribution in [0.2, 0.25) is 0 Å². The number of hydrogen-bond acceptors (Lipinski definition) is 10. The van der Waals surface area contributed by atoms with Gasteiger partial charge in [0.25, 0.3) is 0 Å². The molecule has 0 saturated carbocycles. The van der Waals surface area contributed by atoms with Gasteiger partial charge in [-0.1, -0.05) is 86.8 Å². The van der Waals surface area contributed by atoms with E-state index in [4.69, 9.17) is 20.8 Å². The molecule has 0 heterocycles. The number of rotatable bonds is 4. The third-order valence-electron chi connectivity index (χ3n) is 6.40. The molecule has 0 aliphatic heterocycles. The van der Waals surface area contributed by atoms with Crippen LogP contribution in [0.1, 0.15) is 107 Å². The molecule has 272 valence electrons. The van der Waals surface area contributed by atoms with Crippen molar-refractivity contribution in [3.63, 3.8) is 0 Å². The van der Waals surface area contributed by atoms with Gasteiger partial charge in [-0.2, -0.15) is 0 Å². The third kappa shape index (κ3) is 25.7. The van der Waals surface area contributed by atoms with Crippen LogP contribution in [-0.4, -0.2) is 50.3 Å². The number of carbonyl (C=O) groups excluding carboxylic acids is 1. The number of nitrogens with zero attached hydrogens (tertiary/aromatic N) is 3. The maximum atomic E-state index is 10.6. The van der Waals surface area contributed by atoms with E-state index in [0.29, 0.717) is 5.71 Å². The number of nitrogens with two attached hydrogens (primary N) is 1. The molecule has 0 bridgehead atoms. The SMILES string of the molecule is C.CC(C)=NO.CC(C)N([O-])O.Cc1cc(C)c(/C=N/O)c(C)c1.Cc1cc(C)c(C=O)c(C)c1.Cc1cc(C)c(CBr)c(C)c1.NO.[K+]. The van der Waals surface area contributed by atoms with E-state index in [1.54, 1.807) is 27.7 Å². The van der Waals surface area contributed by atoms with Crippen LogP contribution in [0.15, 0.2) is 46.7 Å². The zero-order valence-corrected chi connectivity index (χ0v) is 36.0. The number of aryl methyl sites for hydroxylation is 9. The predicted octanol–water partition coefficient (Wildman–Crippen LogP) is 6.77. The molecule has 6 N–H and O–H groups in total. The van der Waals surface area contributed by atoms with E-state index in [2.05, 4.69) is 84.1 Å². The number of oxime groups is 2. The van der Waals surface area contributed by atoms with Crippen molar-refractivity contribution in [2.45, 2.75) is 109 Å². The number of hydroxylamine groups is 2. The molecule has 0 saturated heterocycles. The number of carbonyl (C=O) groups is 1. The summed E-state index contributed by atoms with van der Waals surface area (Å²) >= 11 is 3.48. The Labute approximate surface area is 346 Å². The van der Waals surface area contributed by atoms with Gasteiger partial charge in [0.1, 0.15) is 0 Å². The summed E-state index contributed by atoms with van der Waals surface area (Å²) < 4.78 is 0. The van der Waals surface area contributed by atoms with E-state index in [-0.39, 0.29) is 70.1 Å². The Morgan fingerprint density at radius 2 is 1.04 bits per heavy atom. The number of benzene rings is 3. The van der Waals surface area contributed by atoms with E-state index >= 15 is 0 Å². The number of aldehydes is 1. The van der Waals surface area contributed by atoms with Crippen LogP contribution in [0.5, 0.6) is 0 Å². The summed E-state index contributed by atoms with van der Waals surface area (Å²) in [7, 11) is 0. The smallest absolute Gasteiger partial charge is 0.762 e. The van der Waals surface area contributed by atoms with Crippen molar-refractivity contribution in [1.82, 2.24) is 5.23 Å². The summed E-state index contributed by atoms with van der Waals surface area (Å²) in [6, 6.07) is 12.3. The van der Waals surface area contributed by atoms with E-state index < -0.39 is 0 Å². The van der Waals surface area contributed by atoms with Crippen LogP contribution in [0.25, 0.3) is 0 Å². The molecule has 0 aromatic heterocycles. The Kier molecular flexibility index (Phi) is 37.1. The predicted molar refractivity (Wildman–Crippen MR) is 205 cm³/mol. The van der Waals surface area contributed by atoms with E-state index in [1.165, 1.54) is 39.6 Å². The van der Waals surface area contributed by atoms with Crippen LogP contribution in [0.4, 0.5) is 0 Å². The second-order valence-corrected chi connectivity index (χ2v) is 12.0. The largest absolute Gasteiger partial charge is 1.00 e. The Hall–Kier alpha value is -1.81. The van der Waals surface area contributed by atoms with Crippen LogP contribution in [0.3, 0.4) is 0 Å². The van der Waals surface area contributed by atoms with Gasteiger partial charge < -0.3 is 26.0 Å². The van der Waals surface area contributed by atoms with Crippen LogP contribution in [-0.2, 0) is 5.33 Å².